The van der Waals surface area contributed by atoms with E-state index in [0.29, 0.717) is 0 Å². The van der Waals surface area contributed by atoms with Gasteiger partial charge in [-0.2, -0.15) is 0 Å². The lowest BCUT2D eigenvalue weighted by atomic mass is 10.1. The fourth-order valence-electron chi connectivity index (χ4n) is 2.77. The molecule has 0 aromatic carbocycles. The van der Waals surface area contributed by atoms with Gasteiger partial charge >= 0.3 is 0 Å². The SMILES string of the molecule is CC(N)C1CN(CC2CCCC2)CCO1. The fraction of sp³-hybridized carbons (Fsp3) is 1.00. The quantitative estimate of drug-likeness (QED) is 0.764. The van der Waals surface area contributed by atoms with Crippen LogP contribution in [0.25, 0.3) is 0 Å². The lowest BCUT2D eigenvalue weighted by molar-refractivity contribution is -0.0415. The summed E-state index contributed by atoms with van der Waals surface area (Å²) in [5.41, 5.74) is 5.89. The molecule has 1 heterocycles. The maximum Gasteiger partial charge on any atom is 0.0850 e. The minimum Gasteiger partial charge on any atom is -0.374 e. The third-order valence-corrected chi connectivity index (χ3v) is 3.76. The Balaban J connectivity index is 1.76. The molecule has 3 heteroatoms. The average Bonchev–Trinajstić information content (AvgIpc) is 2.71. The van der Waals surface area contributed by atoms with Crippen molar-refractivity contribution in [1.29, 1.82) is 0 Å². The molecule has 2 fully saturated rings. The first-order chi connectivity index (χ1) is 7.25. The average molecular weight is 212 g/mol. The van der Waals surface area contributed by atoms with Crippen molar-refractivity contribution in [2.24, 2.45) is 11.7 Å². The van der Waals surface area contributed by atoms with Crippen molar-refractivity contribution < 1.29 is 4.74 Å². The van der Waals surface area contributed by atoms with Crippen LogP contribution >= 0.6 is 0 Å². The molecule has 1 aliphatic heterocycles. The Morgan fingerprint density at radius 1 is 1.40 bits per heavy atom. The third-order valence-electron chi connectivity index (χ3n) is 3.76. The van der Waals surface area contributed by atoms with E-state index < -0.39 is 0 Å². The second-order valence-corrected chi connectivity index (χ2v) is 5.18. The summed E-state index contributed by atoms with van der Waals surface area (Å²) < 4.78 is 5.67. The second kappa shape index (κ2) is 5.28. The van der Waals surface area contributed by atoms with E-state index in [0.717, 1.165) is 25.6 Å². The van der Waals surface area contributed by atoms with Gasteiger partial charge in [-0.05, 0) is 25.7 Å². The van der Waals surface area contributed by atoms with Crippen molar-refractivity contribution in [1.82, 2.24) is 4.90 Å². The summed E-state index contributed by atoms with van der Waals surface area (Å²) in [6.45, 7) is 6.31. The zero-order chi connectivity index (χ0) is 10.7. The normalized spacial score (nSPS) is 32.0. The van der Waals surface area contributed by atoms with Gasteiger partial charge in [0.2, 0.25) is 0 Å². The monoisotopic (exact) mass is 212 g/mol. The zero-order valence-corrected chi connectivity index (χ0v) is 9.82. The lowest BCUT2D eigenvalue weighted by Gasteiger charge is -2.36. The molecule has 2 atom stereocenters. The molecule has 1 aliphatic carbocycles. The van der Waals surface area contributed by atoms with E-state index in [1.54, 1.807) is 0 Å². The van der Waals surface area contributed by atoms with Gasteiger partial charge in [0.1, 0.15) is 0 Å². The van der Waals surface area contributed by atoms with Crippen LogP contribution < -0.4 is 5.73 Å². The molecule has 2 unspecified atom stereocenters. The van der Waals surface area contributed by atoms with Crippen molar-refractivity contribution in [3.05, 3.63) is 0 Å². The lowest BCUT2D eigenvalue weighted by Crippen LogP contribution is -2.50. The first-order valence-corrected chi connectivity index (χ1v) is 6.35. The maximum absolute atomic E-state index is 5.89. The molecule has 88 valence electrons. The number of nitrogens with two attached hydrogens (primary N) is 1. The summed E-state index contributed by atoms with van der Waals surface area (Å²) >= 11 is 0. The van der Waals surface area contributed by atoms with Crippen LogP contribution in [-0.2, 0) is 4.74 Å². The fourth-order valence-corrected chi connectivity index (χ4v) is 2.77. The molecule has 1 saturated heterocycles. The first kappa shape index (κ1) is 11.4. The first-order valence-electron chi connectivity index (χ1n) is 6.35. The van der Waals surface area contributed by atoms with E-state index in [4.69, 9.17) is 10.5 Å². The van der Waals surface area contributed by atoms with Crippen LogP contribution in [0.1, 0.15) is 32.6 Å². The molecular formula is C12H24N2O. The van der Waals surface area contributed by atoms with Crippen molar-refractivity contribution in [3.8, 4) is 0 Å². The minimum absolute atomic E-state index is 0.163. The summed E-state index contributed by atoms with van der Waals surface area (Å²) in [7, 11) is 0. The number of hydrogen-bond donors (Lipinski definition) is 1. The highest BCUT2D eigenvalue weighted by Gasteiger charge is 2.26. The van der Waals surface area contributed by atoms with Crippen LogP contribution in [0.15, 0.2) is 0 Å². The smallest absolute Gasteiger partial charge is 0.0850 e. The van der Waals surface area contributed by atoms with Crippen molar-refractivity contribution in [3.63, 3.8) is 0 Å². The summed E-state index contributed by atoms with van der Waals surface area (Å²) in [6, 6.07) is 0.163. The van der Waals surface area contributed by atoms with Gasteiger partial charge in [0.25, 0.3) is 0 Å². The van der Waals surface area contributed by atoms with Crippen LogP contribution in [0, 0.1) is 5.92 Å². The molecule has 0 amide bonds. The molecule has 1 saturated carbocycles. The molecule has 3 nitrogen and oxygen atoms in total. The van der Waals surface area contributed by atoms with Crippen LogP contribution in [0.4, 0.5) is 0 Å². The van der Waals surface area contributed by atoms with Gasteiger partial charge < -0.3 is 10.5 Å². The Morgan fingerprint density at radius 3 is 2.80 bits per heavy atom. The summed E-state index contributed by atoms with van der Waals surface area (Å²) in [4.78, 5) is 2.55. The third kappa shape index (κ3) is 3.16. The molecular weight excluding hydrogens is 188 g/mol. The Labute approximate surface area is 93.0 Å². The van der Waals surface area contributed by atoms with Gasteiger partial charge in [-0.1, -0.05) is 12.8 Å². The largest absolute Gasteiger partial charge is 0.374 e. The standard InChI is InChI=1S/C12H24N2O/c1-10(13)12-9-14(6-7-15-12)8-11-4-2-3-5-11/h10-12H,2-9,13H2,1H3. The summed E-state index contributed by atoms with van der Waals surface area (Å²) in [6.07, 6.45) is 5.98. The van der Waals surface area contributed by atoms with Crippen molar-refractivity contribution >= 4 is 0 Å². The maximum atomic E-state index is 5.89. The Morgan fingerprint density at radius 2 is 2.13 bits per heavy atom. The van der Waals surface area contributed by atoms with Gasteiger partial charge in [-0.25, -0.2) is 0 Å². The van der Waals surface area contributed by atoms with E-state index in [9.17, 15) is 0 Å². The number of hydrogen-bond acceptors (Lipinski definition) is 3. The molecule has 15 heavy (non-hydrogen) atoms. The van der Waals surface area contributed by atoms with E-state index in [2.05, 4.69) is 4.90 Å². The van der Waals surface area contributed by atoms with Crippen molar-refractivity contribution in [2.45, 2.75) is 44.8 Å². The predicted molar refractivity (Wildman–Crippen MR) is 61.8 cm³/mol. The highest BCUT2D eigenvalue weighted by atomic mass is 16.5. The van der Waals surface area contributed by atoms with E-state index in [1.807, 2.05) is 6.92 Å². The van der Waals surface area contributed by atoms with Crippen LogP contribution in [0.5, 0.6) is 0 Å². The van der Waals surface area contributed by atoms with Gasteiger partial charge in [0, 0.05) is 25.7 Å². The zero-order valence-electron chi connectivity index (χ0n) is 9.82. The topological polar surface area (TPSA) is 38.5 Å². The highest BCUT2D eigenvalue weighted by Crippen LogP contribution is 2.26. The summed E-state index contributed by atoms with van der Waals surface area (Å²) in [5, 5.41) is 0. The molecule has 0 aromatic rings. The Bertz CT molecular complexity index is 188. The Hall–Kier alpha value is -0.120. The van der Waals surface area contributed by atoms with Crippen LogP contribution in [0.2, 0.25) is 0 Å². The number of morpholine rings is 1. The van der Waals surface area contributed by atoms with E-state index >= 15 is 0 Å². The molecule has 0 aromatic heterocycles. The van der Waals surface area contributed by atoms with Crippen molar-refractivity contribution in [2.75, 3.05) is 26.2 Å². The van der Waals surface area contributed by atoms with Crippen LogP contribution in [-0.4, -0.2) is 43.3 Å². The highest BCUT2D eigenvalue weighted by molar-refractivity contribution is 4.80. The molecule has 0 spiro atoms. The number of rotatable bonds is 3. The predicted octanol–water partition coefficient (Wildman–Crippen LogP) is 1.22. The number of ether oxygens (including phenoxy) is 1. The van der Waals surface area contributed by atoms with Crippen LogP contribution in [0.3, 0.4) is 0 Å². The molecule has 2 rings (SSSR count). The Kier molecular flexibility index (Phi) is 4.00. The van der Waals surface area contributed by atoms with Gasteiger partial charge in [0.15, 0.2) is 0 Å². The molecule has 2 N–H and O–H groups in total. The molecule has 2 aliphatic rings. The minimum atomic E-state index is 0.163. The van der Waals surface area contributed by atoms with Gasteiger partial charge in [0.05, 0.1) is 12.7 Å². The van der Waals surface area contributed by atoms with Gasteiger partial charge in [-0.3, -0.25) is 4.90 Å². The number of nitrogens with zero attached hydrogens (tertiary/aromatic N) is 1. The summed E-state index contributed by atoms with van der Waals surface area (Å²) in [5.74, 6) is 0.942. The molecule has 0 radical (unpaired) electrons. The van der Waals surface area contributed by atoms with E-state index in [-0.39, 0.29) is 12.1 Å². The van der Waals surface area contributed by atoms with Gasteiger partial charge in [-0.15, -0.1) is 0 Å². The second-order valence-electron chi connectivity index (χ2n) is 5.18. The molecule has 0 bridgehead atoms. The van der Waals surface area contributed by atoms with E-state index in [1.165, 1.54) is 32.2 Å².